The maximum atomic E-state index is 11.9. The zero-order chi connectivity index (χ0) is 14.2. The number of anilines is 1. The number of ether oxygens (including phenoxy) is 1. The monoisotopic (exact) mass is 298 g/mol. The molecule has 0 bridgehead atoms. The Hall–Kier alpha value is -2.08. The molecule has 0 aromatic carbocycles. The van der Waals surface area contributed by atoms with Crippen LogP contribution in [0.25, 0.3) is 5.57 Å². The number of carbonyl (C=O) groups is 2. The molecule has 0 unspecified atom stereocenters. The summed E-state index contributed by atoms with van der Waals surface area (Å²) in [5.74, 6) is -0.681. The van der Waals surface area contributed by atoms with Crippen molar-refractivity contribution in [2.45, 2.75) is 13.8 Å². The molecule has 0 atom stereocenters. The summed E-state index contributed by atoms with van der Waals surface area (Å²) in [5.41, 5.74) is -0.404. The zero-order valence-electron chi connectivity index (χ0n) is 11.1. The number of carboxylic acids is 1. The molecule has 1 amide bonds. The number of aromatic nitrogens is 1. The number of nitrogens with one attached hydrogen (secondary N) is 1. The minimum atomic E-state index is -1.13. The van der Waals surface area contributed by atoms with Gasteiger partial charge in [0.1, 0.15) is 6.61 Å². The SMILES string of the molecule is C=C(C(=O)O)c1cnc2c(c1)OCC(C)(C)C(=O)N2.Cl. The highest BCUT2D eigenvalue weighted by Gasteiger charge is 2.33. The van der Waals surface area contributed by atoms with Crippen molar-refractivity contribution in [2.75, 3.05) is 11.9 Å². The molecule has 0 saturated carbocycles. The number of hydrogen-bond acceptors (Lipinski definition) is 4. The molecule has 0 aliphatic carbocycles. The van der Waals surface area contributed by atoms with E-state index in [9.17, 15) is 9.59 Å². The standard InChI is InChI=1S/C13H14N2O4.ClH/c1-7(11(16)17)8-4-9-10(14-5-8)15-12(18)13(2,3)6-19-9;/h4-5H,1,6H2,2-3H3,(H,16,17)(H,14,15,18);1H. The van der Waals surface area contributed by atoms with Crippen LogP contribution >= 0.6 is 12.4 Å². The van der Waals surface area contributed by atoms with E-state index in [-0.39, 0.29) is 36.3 Å². The van der Waals surface area contributed by atoms with Crippen molar-refractivity contribution in [3.05, 3.63) is 24.4 Å². The van der Waals surface area contributed by atoms with Gasteiger partial charge in [-0.1, -0.05) is 6.58 Å². The molecule has 0 saturated heterocycles. The van der Waals surface area contributed by atoms with Crippen molar-refractivity contribution in [1.29, 1.82) is 0 Å². The predicted molar refractivity (Wildman–Crippen MR) is 76.1 cm³/mol. The van der Waals surface area contributed by atoms with E-state index in [1.165, 1.54) is 12.3 Å². The highest BCUT2D eigenvalue weighted by Crippen LogP contribution is 2.32. The third-order valence-electron chi connectivity index (χ3n) is 2.89. The van der Waals surface area contributed by atoms with Gasteiger partial charge in [0.25, 0.3) is 0 Å². The Labute approximate surface area is 122 Å². The van der Waals surface area contributed by atoms with E-state index < -0.39 is 11.4 Å². The van der Waals surface area contributed by atoms with Crippen LogP contribution in [0.2, 0.25) is 0 Å². The fraction of sp³-hybridized carbons (Fsp3) is 0.308. The molecule has 0 fully saturated rings. The number of halogens is 1. The first-order valence-corrected chi connectivity index (χ1v) is 5.68. The van der Waals surface area contributed by atoms with E-state index in [0.29, 0.717) is 11.3 Å². The lowest BCUT2D eigenvalue weighted by Gasteiger charge is -2.18. The summed E-state index contributed by atoms with van der Waals surface area (Å²) in [6, 6.07) is 1.51. The summed E-state index contributed by atoms with van der Waals surface area (Å²) in [4.78, 5) is 26.8. The lowest BCUT2D eigenvalue weighted by molar-refractivity contribution is -0.130. The molecule has 0 radical (unpaired) electrons. The van der Waals surface area contributed by atoms with Crippen LogP contribution in [-0.2, 0) is 9.59 Å². The Bertz CT molecular complexity index is 584. The fourth-order valence-electron chi connectivity index (χ4n) is 1.54. The molecule has 7 heteroatoms. The Morgan fingerprint density at radius 3 is 2.80 bits per heavy atom. The van der Waals surface area contributed by atoms with Gasteiger partial charge in [0.15, 0.2) is 11.6 Å². The Morgan fingerprint density at radius 1 is 1.55 bits per heavy atom. The predicted octanol–water partition coefficient (Wildman–Crippen LogP) is 1.96. The summed E-state index contributed by atoms with van der Waals surface area (Å²) >= 11 is 0. The van der Waals surface area contributed by atoms with Gasteiger partial charge in [-0.15, -0.1) is 12.4 Å². The summed E-state index contributed by atoms with van der Waals surface area (Å²) in [5, 5.41) is 11.5. The molecular formula is C13H15ClN2O4. The van der Waals surface area contributed by atoms with Gasteiger partial charge in [0, 0.05) is 11.8 Å². The van der Waals surface area contributed by atoms with Crippen molar-refractivity contribution in [1.82, 2.24) is 4.98 Å². The minimum Gasteiger partial charge on any atom is -0.489 e. The van der Waals surface area contributed by atoms with Crippen LogP contribution in [-0.4, -0.2) is 28.6 Å². The van der Waals surface area contributed by atoms with Gasteiger partial charge >= 0.3 is 5.97 Å². The van der Waals surface area contributed by atoms with Crippen LogP contribution in [0.4, 0.5) is 5.82 Å². The first-order chi connectivity index (χ1) is 8.81. The summed E-state index contributed by atoms with van der Waals surface area (Å²) < 4.78 is 5.52. The van der Waals surface area contributed by atoms with Gasteiger partial charge < -0.3 is 15.2 Å². The molecule has 2 heterocycles. The van der Waals surface area contributed by atoms with Crippen LogP contribution in [0.1, 0.15) is 19.4 Å². The topological polar surface area (TPSA) is 88.5 Å². The van der Waals surface area contributed by atoms with Gasteiger partial charge in [0.2, 0.25) is 5.91 Å². The van der Waals surface area contributed by atoms with E-state index in [4.69, 9.17) is 9.84 Å². The first kappa shape index (κ1) is 16.0. The van der Waals surface area contributed by atoms with Crippen molar-refractivity contribution < 1.29 is 19.4 Å². The number of pyridine rings is 1. The Balaban J connectivity index is 0.00000200. The van der Waals surface area contributed by atoms with Crippen molar-refractivity contribution in [2.24, 2.45) is 5.41 Å². The van der Waals surface area contributed by atoms with Crippen LogP contribution in [0, 0.1) is 5.41 Å². The van der Waals surface area contributed by atoms with Crippen molar-refractivity contribution in [3.8, 4) is 5.75 Å². The van der Waals surface area contributed by atoms with Gasteiger partial charge in [-0.25, -0.2) is 9.78 Å². The second-order valence-electron chi connectivity index (χ2n) is 4.98. The molecule has 1 aliphatic rings. The van der Waals surface area contributed by atoms with E-state index in [0.717, 1.165) is 0 Å². The van der Waals surface area contributed by atoms with Crippen molar-refractivity contribution in [3.63, 3.8) is 0 Å². The second kappa shape index (κ2) is 5.50. The fourth-order valence-corrected chi connectivity index (χ4v) is 1.54. The molecular weight excluding hydrogens is 284 g/mol. The molecule has 108 valence electrons. The molecule has 1 aromatic rings. The number of amides is 1. The molecule has 0 spiro atoms. The average molecular weight is 299 g/mol. The van der Waals surface area contributed by atoms with E-state index in [2.05, 4.69) is 16.9 Å². The lowest BCUT2D eigenvalue weighted by atomic mass is 9.94. The molecule has 2 N–H and O–H groups in total. The summed E-state index contributed by atoms with van der Waals surface area (Å²) in [6.45, 7) is 7.16. The van der Waals surface area contributed by atoms with Gasteiger partial charge in [-0.05, 0) is 19.9 Å². The highest BCUT2D eigenvalue weighted by atomic mass is 35.5. The molecule has 20 heavy (non-hydrogen) atoms. The van der Waals surface area contributed by atoms with Crippen molar-refractivity contribution >= 4 is 35.7 Å². The normalized spacial score (nSPS) is 15.8. The number of aliphatic carboxylic acids is 1. The number of fused-ring (bicyclic) bond motifs is 1. The van der Waals surface area contributed by atoms with E-state index >= 15 is 0 Å². The molecule has 1 aromatic heterocycles. The van der Waals surface area contributed by atoms with E-state index in [1.807, 2.05) is 0 Å². The Kier molecular flexibility index (Phi) is 4.39. The maximum absolute atomic E-state index is 11.9. The largest absolute Gasteiger partial charge is 0.489 e. The smallest absolute Gasteiger partial charge is 0.335 e. The molecule has 1 aliphatic heterocycles. The third kappa shape index (κ3) is 2.91. The van der Waals surface area contributed by atoms with Crippen LogP contribution in [0.3, 0.4) is 0 Å². The second-order valence-corrected chi connectivity index (χ2v) is 4.98. The van der Waals surface area contributed by atoms with Gasteiger partial charge in [0.05, 0.1) is 11.0 Å². The minimum absolute atomic E-state index is 0. The number of hydrogen-bond donors (Lipinski definition) is 2. The highest BCUT2D eigenvalue weighted by molar-refractivity contribution is 6.14. The molecule has 2 rings (SSSR count). The number of rotatable bonds is 2. The van der Waals surface area contributed by atoms with Crippen LogP contribution in [0.15, 0.2) is 18.8 Å². The molecule has 6 nitrogen and oxygen atoms in total. The quantitative estimate of drug-likeness (QED) is 0.815. The maximum Gasteiger partial charge on any atom is 0.335 e. The number of carboxylic acid groups (broad SMARTS) is 1. The number of nitrogens with zero attached hydrogens (tertiary/aromatic N) is 1. The Morgan fingerprint density at radius 2 is 2.20 bits per heavy atom. The van der Waals surface area contributed by atoms with Crippen LogP contribution in [0.5, 0.6) is 5.75 Å². The summed E-state index contributed by atoms with van der Waals surface area (Å²) in [7, 11) is 0. The van der Waals surface area contributed by atoms with Gasteiger partial charge in [-0.3, -0.25) is 4.79 Å². The van der Waals surface area contributed by atoms with Crippen LogP contribution < -0.4 is 10.1 Å². The van der Waals surface area contributed by atoms with E-state index in [1.54, 1.807) is 13.8 Å². The third-order valence-corrected chi connectivity index (χ3v) is 2.89. The number of carbonyl (C=O) groups excluding carboxylic acids is 1. The average Bonchev–Trinajstić information content (AvgIpc) is 2.46. The zero-order valence-corrected chi connectivity index (χ0v) is 11.9. The van der Waals surface area contributed by atoms with Gasteiger partial charge in [-0.2, -0.15) is 0 Å². The first-order valence-electron chi connectivity index (χ1n) is 5.68. The lowest BCUT2D eigenvalue weighted by Crippen LogP contribution is -2.33. The summed E-state index contributed by atoms with van der Waals surface area (Å²) in [6.07, 6.45) is 1.34.